The van der Waals surface area contributed by atoms with E-state index in [2.05, 4.69) is 15.6 Å². The lowest BCUT2D eigenvalue weighted by molar-refractivity contribution is -0.112. The van der Waals surface area contributed by atoms with Gasteiger partial charge in [-0.15, -0.1) is 0 Å². The van der Waals surface area contributed by atoms with E-state index in [1.54, 1.807) is 12.1 Å². The molecule has 0 spiro atoms. The van der Waals surface area contributed by atoms with E-state index >= 15 is 0 Å². The minimum absolute atomic E-state index is 0.0808. The van der Waals surface area contributed by atoms with Crippen LogP contribution in [0.2, 0.25) is 15.1 Å². The van der Waals surface area contributed by atoms with Gasteiger partial charge in [0.25, 0.3) is 5.91 Å². The highest BCUT2D eigenvalue weighted by Gasteiger charge is 2.19. The van der Waals surface area contributed by atoms with Crippen LogP contribution in [0.25, 0.3) is 0 Å². The Morgan fingerprint density at radius 2 is 1.85 bits per heavy atom. The molecule has 0 aliphatic rings. The monoisotopic (exact) mass is 444 g/mol. The van der Waals surface area contributed by atoms with Crippen molar-refractivity contribution in [2.24, 2.45) is 0 Å². The molecule has 0 aliphatic carbocycles. The van der Waals surface area contributed by atoms with E-state index in [4.69, 9.17) is 51.8 Å². The molecule has 6 nitrogen and oxygen atoms in total. The third-order valence-corrected chi connectivity index (χ3v) is 4.13. The molecule has 2 aromatic rings. The Balaban J connectivity index is 2.40. The summed E-state index contributed by atoms with van der Waals surface area (Å²) >= 11 is 23.7. The number of rotatable bonds is 6. The van der Waals surface area contributed by atoms with Crippen molar-refractivity contribution < 1.29 is 9.59 Å². The molecule has 0 saturated carbocycles. The molecule has 1 aromatic carbocycles. The fraction of sp³-hybridized carbons (Fsp3) is 0.0588. The lowest BCUT2D eigenvalue weighted by atomic mass is 10.1. The van der Waals surface area contributed by atoms with E-state index in [1.807, 2.05) is 0 Å². The second kappa shape index (κ2) is 9.19. The summed E-state index contributed by atoms with van der Waals surface area (Å²) in [5.41, 5.74) is 0.0904. The minimum Gasteiger partial charge on any atom is -0.334 e. The number of Topliss-reactive ketones (excluding diaryl/α,β-unsaturated/α-hetero) is 1. The van der Waals surface area contributed by atoms with E-state index in [1.165, 1.54) is 25.3 Å². The molecular formula is C17H12Cl4N4O2. The van der Waals surface area contributed by atoms with E-state index in [0.29, 0.717) is 0 Å². The predicted molar refractivity (Wildman–Crippen MR) is 110 cm³/mol. The molecule has 1 amide bonds. The molecule has 0 saturated heterocycles. The minimum atomic E-state index is -0.714. The van der Waals surface area contributed by atoms with Crippen molar-refractivity contribution in [1.29, 1.82) is 5.41 Å². The number of halogens is 4. The molecule has 27 heavy (non-hydrogen) atoms. The van der Waals surface area contributed by atoms with Crippen LogP contribution in [0, 0.1) is 5.41 Å². The first-order valence-corrected chi connectivity index (χ1v) is 8.85. The molecule has 0 bridgehead atoms. The Kier molecular flexibility index (Phi) is 7.21. The zero-order chi connectivity index (χ0) is 20.1. The molecule has 10 heteroatoms. The summed E-state index contributed by atoms with van der Waals surface area (Å²) in [5, 5.41) is 12.8. The van der Waals surface area contributed by atoms with Crippen molar-refractivity contribution in [3.05, 3.63) is 62.9 Å². The Morgan fingerprint density at radius 3 is 2.44 bits per heavy atom. The number of nitrogens with one attached hydrogen (secondary N) is 3. The summed E-state index contributed by atoms with van der Waals surface area (Å²) in [6.45, 7) is 1.31. The molecule has 0 atom stereocenters. The van der Waals surface area contributed by atoms with Gasteiger partial charge in [-0.3, -0.25) is 15.0 Å². The number of aromatic nitrogens is 1. The summed E-state index contributed by atoms with van der Waals surface area (Å²) < 4.78 is 0. The maximum Gasteiger partial charge on any atom is 0.272 e. The van der Waals surface area contributed by atoms with Gasteiger partial charge in [-0.1, -0.05) is 46.4 Å². The smallest absolute Gasteiger partial charge is 0.272 e. The first-order chi connectivity index (χ1) is 12.7. The molecule has 140 valence electrons. The highest BCUT2D eigenvalue weighted by Crippen LogP contribution is 2.31. The van der Waals surface area contributed by atoms with Crippen LogP contribution in [0.5, 0.6) is 0 Å². The van der Waals surface area contributed by atoms with Gasteiger partial charge in [0.15, 0.2) is 5.78 Å². The third kappa shape index (κ3) is 5.68. The van der Waals surface area contributed by atoms with Crippen LogP contribution in [0.1, 0.15) is 17.3 Å². The molecule has 1 aromatic heterocycles. The number of carbonyl (C=O) groups is 2. The number of pyridine rings is 1. The second-order valence-corrected chi connectivity index (χ2v) is 6.84. The zero-order valence-electron chi connectivity index (χ0n) is 13.7. The Hall–Kier alpha value is -2.12. The van der Waals surface area contributed by atoms with Crippen molar-refractivity contribution >= 4 is 74.8 Å². The number of amides is 1. The lowest BCUT2D eigenvalue weighted by Crippen LogP contribution is -2.22. The number of carbonyl (C=O) groups excluding carboxylic acids is 2. The van der Waals surface area contributed by atoms with Crippen molar-refractivity contribution in [3.8, 4) is 0 Å². The largest absolute Gasteiger partial charge is 0.334 e. The van der Waals surface area contributed by atoms with Crippen LogP contribution >= 0.6 is 46.4 Å². The maximum absolute atomic E-state index is 12.7. The van der Waals surface area contributed by atoms with Gasteiger partial charge >= 0.3 is 0 Å². The molecule has 0 radical (unpaired) electrons. The Labute approximate surface area is 175 Å². The summed E-state index contributed by atoms with van der Waals surface area (Å²) in [7, 11) is 0. The molecule has 0 unspecified atom stereocenters. The SMILES string of the molecule is CC(=O)c1cc(Cl)cc(Cl)c1NC(=O)/C(=C/C(=N)Cl)Nc1ncccc1Cl. The van der Waals surface area contributed by atoms with Gasteiger partial charge in [0.1, 0.15) is 16.7 Å². The summed E-state index contributed by atoms with van der Waals surface area (Å²) in [4.78, 5) is 28.6. The molecular weight excluding hydrogens is 434 g/mol. The van der Waals surface area contributed by atoms with Crippen LogP contribution in [0.15, 0.2) is 42.2 Å². The standard InChI is InChI=1S/C17H12Cl4N4O2/c1-8(26)10-5-9(18)6-12(20)15(10)25-17(27)13(7-14(21)22)24-16-11(19)3-2-4-23-16/h2-7,22H,1H3,(H,23,24)(H,25,27)/b13-7-,22-14?. The number of anilines is 2. The number of benzene rings is 1. The van der Waals surface area contributed by atoms with E-state index < -0.39 is 11.1 Å². The van der Waals surface area contributed by atoms with Crippen molar-refractivity contribution in [2.75, 3.05) is 10.6 Å². The van der Waals surface area contributed by atoms with Crippen molar-refractivity contribution in [3.63, 3.8) is 0 Å². The highest BCUT2D eigenvalue weighted by atomic mass is 35.5. The van der Waals surface area contributed by atoms with Crippen LogP contribution < -0.4 is 10.6 Å². The van der Waals surface area contributed by atoms with Crippen LogP contribution in [0.4, 0.5) is 11.5 Å². The van der Waals surface area contributed by atoms with E-state index in [-0.39, 0.29) is 43.6 Å². The van der Waals surface area contributed by atoms with Crippen LogP contribution in [-0.2, 0) is 4.79 Å². The van der Waals surface area contributed by atoms with Crippen molar-refractivity contribution in [2.45, 2.75) is 6.92 Å². The molecule has 2 rings (SSSR count). The number of nitrogens with zero attached hydrogens (tertiary/aromatic N) is 1. The van der Waals surface area contributed by atoms with Crippen LogP contribution in [-0.4, -0.2) is 21.8 Å². The number of hydrogen-bond acceptors (Lipinski definition) is 5. The average molecular weight is 446 g/mol. The van der Waals surface area contributed by atoms with E-state index in [0.717, 1.165) is 6.08 Å². The first-order valence-electron chi connectivity index (χ1n) is 7.33. The fourth-order valence-corrected chi connectivity index (χ4v) is 2.87. The van der Waals surface area contributed by atoms with Gasteiger partial charge in [0, 0.05) is 22.9 Å². The van der Waals surface area contributed by atoms with Gasteiger partial charge in [-0.25, -0.2) is 4.98 Å². The molecule has 0 fully saturated rings. The Bertz CT molecular complexity index is 960. The summed E-state index contributed by atoms with van der Waals surface area (Å²) in [5.74, 6) is -0.868. The predicted octanol–water partition coefficient (Wildman–Crippen LogP) is 5.39. The van der Waals surface area contributed by atoms with Crippen LogP contribution in [0.3, 0.4) is 0 Å². The first kappa shape index (κ1) is 21.2. The number of ketones is 1. The van der Waals surface area contributed by atoms with Crippen molar-refractivity contribution in [1.82, 2.24) is 4.98 Å². The second-order valence-electron chi connectivity index (χ2n) is 5.19. The summed E-state index contributed by atoms with van der Waals surface area (Å²) in [6, 6.07) is 5.97. The van der Waals surface area contributed by atoms with Gasteiger partial charge in [0.05, 0.1) is 15.7 Å². The molecule has 1 heterocycles. The highest BCUT2D eigenvalue weighted by molar-refractivity contribution is 6.67. The van der Waals surface area contributed by atoms with Gasteiger partial charge in [-0.05, 0) is 31.2 Å². The van der Waals surface area contributed by atoms with Gasteiger partial charge < -0.3 is 10.6 Å². The molecule has 3 N–H and O–H groups in total. The van der Waals surface area contributed by atoms with Gasteiger partial charge in [0.2, 0.25) is 0 Å². The number of hydrogen-bond donors (Lipinski definition) is 3. The Morgan fingerprint density at radius 1 is 1.15 bits per heavy atom. The fourth-order valence-electron chi connectivity index (χ4n) is 2.05. The summed E-state index contributed by atoms with van der Waals surface area (Å²) in [6.07, 6.45) is 2.54. The van der Waals surface area contributed by atoms with E-state index in [9.17, 15) is 9.59 Å². The lowest BCUT2D eigenvalue weighted by Gasteiger charge is -2.15. The normalized spacial score (nSPS) is 11.1. The number of allylic oxidation sites excluding steroid dienone is 1. The quantitative estimate of drug-likeness (QED) is 0.315. The molecule has 0 aliphatic heterocycles. The zero-order valence-corrected chi connectivity index (χ0v) is 16.8. The third-order valence-electron chi connectivity index (χ3n) is 3.20. The van der Waals surface area contributed by atoms with Gasteiger partial charge in [-0.2, -0.15) is 0 Å². The topological polar surface area (TPSA) is 94.9 Å². The average Bonchev–Trinajstić information content (AvgIpc) is 2.57. The maximum atomic E-state index is 12.7.